The Morgan fingerprint density at radius 3 is 2.70 bits per heavy atom. The number of nitrogens with one attached hydrogen (secondary N) is 4. The van der Waals surface area contributed by atoms with E-state index in [-0.39, 0.29) is 54.8 Å². The molecule has 0 bridgehead atoms. The smallest absolute Gasteiger partial charge is 0.319 e. The Labute approximate surface area is 247 Å². The van der Waals surface area contributed by atoms with Gasteiger partial charge in [-0.1, -0.05) is 28.9 Å². The van der Waals surface area contributed by atoms with Gasteiger partial charge in [0.25, 0.3) is 0 Å². The van der Waals surface area contributed by atoms with Crippen molar-refractivity contribution in [3.8, 4) is 0 Å². The van der Waals surface area contributed by atoms with E-state index in [1.165, 1.54) is 29.8 Å². The number of H-pyrrole nitrogens is 1. The number of carbonyl (C=O) groups is 4. The molecule has 0 saturated carbocycles. The molecule has 224 valence electrons. The Morgan fingerprint density at radius 2 is 1.95 bits per heavy atom. The fourth-order valence-corrected chi connectivity index (χ4v) is 5.10. The van der Waals surface area contributed by atoms with Crippen LogP contribution in [-0.4, -0.2) is 72.5 Å². The number of rotatable bonds is 9. The number of ketones is 1. The maximum absolute atomic E-state index is 14.5. The molecule has 13 nitrogen and oxygen atoms in total. The van der Waals surface area contributed by atoms with E-state index in [9.17, 15) is 28.0 Å². The van der Waals surface area contributed by atoms with Crippen LogP contribution in [0.25, 0.3) is 10.9 Å². The van der Waals surface area contributed by atoms with Crippen molar-refractivity contribution >= 4 is 51.8 Å². The van der Waals surface area contributed by atoms with Crippen LogP contribution in [0.5, 0.6) is 0 Å². The summed E-state index contributed by atoms with van der Waals surface area (Å²) in [6.45, 7) is 0.663. The molecule has 2 atom stereocenters. The minimum Gasteiger partial charge on any atom is -0.350 e. The third-order valence-electron chi connectivity index (χ3n) is 6.98. The first-order valence-corrected chi connectivity index (χ1v) is 13.5. The molecule has 2 aromatic carbocycles. The molecular formula is C27H26ClF2N9O4. The van der Waals surface area contributed by atoms with Crippen LogP contribution < -0.4 is 16.0 Å². The van der Waals surface area contributed by atoms with Crippen LogP contribution >= 0.6 is 11.6 Å². The van der Waals surface area contributed by atoms with E-state index in [4.69, 9.17) is 11.6 Å². The number of likely N-dealkylation sites (tertiary alicyclic amines) is 1. The SMILES string of the molecule is CC(=O)c1cn(CC(=O)N2C[C@H](F)C[C@H]2C(=O)NCc2cccc(Cl)c2F)c2ccc(NC(=O)NCc3nn[nH]n3)cc12. The minimum atomic E-state index is -1.42. The first-order chi connectivity index (χ1) is 20.6. The Morgan fingerprint density at radius 1 is 1.14 bits per heavy atom. The predicted octanol–water partition coefficient (Wildman–Crippen LogP) is 2.73. The van der Waals surface area contributed by atoms with Crippen LogP contribution in [0.15, 0.2) is 42.6 Å². The number of fused-ring (bicyclic) bond motifs is 1. The second-order valence-corrected chi connectivity index (χ2v) is 10.3. The van der Waals surface area contributed by atoms with Crippen molar-refractivity contribution in [1.82, 2.24) is 40.7 Å². The van der Waals surface area contributed by atoms with Gasteiger partial charge in [-0.05, 0) is 31.2 Å². The van der Waals surface area contributed by atoms with Crippen molar-refractivity contribution < 1.29 is 28.0 Å². The van der Waals surface area contributed by atoms with Crippen LogP contribution in [0.3, 0.4) is 0 Å². The topological polar surface area (TPSA) is 167 Å². The number of urea groups is 1. The minimum absolute atomic E-state index is 0.0362. The number of aromatic nitrogens is 5. The van der Waals surface area contributed by atoms with E-state index in [2.05, 4.69) is 36.6 Å². The van der Waals surface area contributed by atoms with Crippen molar-refractivity contribution in [3.63, 3.8) is 0 Å². The standard InChI is InChI=1S/C27H26ClF2N9O4/c1-14(40)19-12-38(21-6-5-17(8-18(19)21)33-27(43)32-10-23-34-36-37-35-23)13-24(41)39-11-16(29)7-22(39)26(42)31-9-15-3-2-4-20(28)25(15)30/h2-6,8,12,16,22H,7,9-11,13H2,1H3,(H,31,42)(H2,32,33,43)(H,34,35,36,37)/t16-,22+/m1/s1. The molecule has 3 heterocycles. The first-order valence-electron chi connectivity index (χ1n) is 13.2. The molecule has 1 fully saturated rings. The maximum Gasteiger partial charge on any atom is 0.319 e. The molecule has 1 saturated heterocycles. The Hall–Kier alpha value is -4.92. The van der Waals surface area contributed by atoms with Gasteiger partial charge in [0.05, 0.1) is 18.1 Å². The predicted molar refractivity (Wildman–Crippen MR) is 150 cm³/mol. The van der Waals surface area contributed by atoms with Gasteiger partial charge in [0.2, 0.25) is 11.8 Å². The highest BCUT2D eigenvalue weighted by molar-refractivity contribution is 6.30. The summed E-state index contributed by atoms with van der Waals surface area (Å²) in [5, 5.41) is 21.4. The molecule has 4 aromatic rings. The van der Waals surface area contributed by atoms with Gasteiger partial charge < -0.3 is 25.4 Å². The molecule has 0 aliphatic carbocycles. The molecule has 5 rings (SSSR count). The summed E-state index contributed by atoms with van der Waals surface area (Å²) < 4.78 is 30.2. The summed E-state index contributed by atoms with van der Waals surface area (Å²) >= 11 is 5.80. The summed E-state index contributed by atoms with van der Waals surface area (Å²) in [7, 11) is 0. The van der Waals surface area contributed by atoms with E-state index >= 15 is 0 Å². The molecule has 16 heteroatoms. The van der Waals surface area contributed by atoms with Crippen LogP contribution in [0.1, 0.15) is 35.1 Å². The fraction of sp³-hybridized carbons (Fsp3) is 0.296. The van der Waals surface area contributed by atoms with Crippen molar-refractivity contribution in [1.29, 1.82) is 0 Å². The summed E-state index contributed by atoms with van der Waals surface area (Å²) in [5.41, 5.74) is 1.37. The fourth-order valence-electron chi connectivity index (χ4n) is 4.91. The highest BCUT2D eigenvalue weighted by Gasteiger charge is 2.39. The van der Waals surface area contributed by atoms with Gasteiger partial charge >= 0.3 is 6.03 Å². The lowest BCUT2D eigenvalue weighted by atomic mass is 10.1. The van der Waals surface area contributed by atoms with Gasteiger partial charge in [-0.2, -0.15) is 5.21 Å². The lowest BCUT2D eigenvalue weighted by Gasteiger charge is -2.24. The number of tetrazole rings is 1. The number of benzene rings is 2. The van der Waals surface area contributed by atoms with Crippen LogP contribution in [-0.2, 0) is 29.2 Å². The van der Waals surface area contributed by atoms with Crippen molar-refractivity contribution in [2.24, 2.45) is 0 Å². The van der Waals surface area contributed by atoms with Crippen molar-refractivity contribution in [2.45, 2.75) is 45.2 Å². The van der Waals surface area contributed by atoms with Gasteiger partial charge in [0.15, 0.2) is 11.6 Å². The number of hydrogen-bond donors (Lipinski definition) is 4. The normalized spacial score (nSPS) is 16.3. The zero-order valence-electron chi connectivity index (χ0n) is 22.7. The average molecular weight is 614 g/mol. The van der Waals surface area contributed by atoms with Crippen molar-refractivity contribution in [2.75, 3.05) is 11.9 Å². The molecule has 1 aliphatic heterocycles. The van der Waals surface area contributed by atoms with Crippen molar-refractivity contribution in [3.05, 3.63) is 70.4 Å². The third kappa shape index (κ3) is 6.61. The molecule has 4 amide bonds. The lowest BCUT2D eigenvalue weighted by Crippen LogP contribution is -2.46. The second-order valence-electron chi connectivity index (χ2n) is 9.92. The Bertz CT molecular complexity index is 1700. The van der Waals surface area contributed by atoms with E-state index in [1.54, 1.807) is 24.3 Å². The highest BCUT2D eigenvalue weighted by Crippen LogP contribution is 2.27. The molecule has 0 unspecified atom stereocenters. The second kappa shape index (κ2) is 12.5. The number of carbonyl (C=O) groups excluding carboxylic acids is 4. The van der Waals surface area contributed by atoms with Gasteiger partial charge in [-0.15, -0.1) is 10.2 Å². The quantitative estimate of drug-likeness (QED) is 0.211. The number of nitrogens with zero attached hydrogens (tertiary/aromatic N) is 5. The molecule has 1 aliphatic rings. The number of hydrogen-bond acceptors (Lipinski definition) is 7. The summed E-state index contributed by atoms with van der Waals surface area (Å²) in [6.07, 6.45) is -0.119. The van der Waals surface area contributed by atoms with Gasteiger partial charge in [-0.3, -0.25) is 14.4 Å². The van der Waals surface area contributed by atoms with E-state index < -0.39 is 35.9 Å². The highest BCUT2D eigenvalue weighted by atomic mass is 35.5. The number of Topliss-reactive ketones (excluding diaryl/α,β-unsaturated/α-hetero) is 1. The molecule has 0 radical (unpaired) electrons. The van der Waals surface area contributed by atoms with E-state index in [0.717, 1.165) is 4.90 Å². The van der Waals surface area contributed by atoms with Crippen LogP contribution in [0.2, 0.25) is 5.02 Å². The summed E-state index contributed by atoms with van der Waals surface area (Å²) in [5.74, 6) is -1.81. The first kappa shape index (κ1) is 29.6. The van der Waals surface area contributed by atoms with Gasteiger partial charge in [0.1, 0.15) is 24.6 Å². The zero-order valence-corrected chi connectivity index (χ0v) is 23.5. The Kier molecular flexibility index (Phi) is 8.61. The van der Waals surface area contributed by atoms with E-state index in [0.29, 0.717) is 22.2 Å². The monoisotopic (exact) mass is 613 g/mol. The Balaban J connectivity index is 1.29. The van der Waals surface area contributed by atoms with E-state index in [1.807, 2.05) is 0 Å². The molecule has 43 heavy (non-hydrogen) atoms. The summed E-state index contributed by atoms with van der Waals surface area (Å²) in [6, 6.07) is 7.57. The summed E-state index contributed by atoms with van der Waals surface area (Å²) in [4.78, 5) is 52.2. The van der Waals surface area contributed by atoms with Gasteiger partial charge in [0, 0.05) is 46.9 Å². The zero-order chi connectivity index (χ0) is 30.7. The third-order valence-corrected chi connectivity index (χ3v) is 7.27. The maximum atomic E-state index is 14.5. The molecule has 4 N–H and O–H groups in total. The molecule has 2 aromatic heterocycles. The number of amides is 4. The number of halogens is 3. The number of anilines is 1. The molecular weight excluding hydrogens is 588 g/mol. The average Bonchev–Trinajstić information content (AvgIpc) is 3.72. The van der Waals surface area contributed by atoms with Crippen LogP contribution in [0.4, 0.5) is 19.3 Å². The lowest BCUT2D eigenvalue weighted by molar-refractivity contribution is -0.139. The number of alkyl halides is 1. The van der Waals surface area contributed by atoms with Gasteiger partial charge in [-0.25, -0.2) is 13.6 Å². The number of aromatic amines is 1. The molecule has 0 spiro atoms. The largest absolute Gasteiger partial charge is 0.350 e. The van der Waals surface area contributed by atoms with Crippen LogP contribution in [0, 0.1) is 5.82 Å².